The van der Waals surface area contributed by atoms with Crippen LogP contribution in [0.15, 0.2) is 42.5 Å². The molecule has 1 amide bonds. The van der Waals surface area contributed by atoms with Crippen molar-refractivity contribution in [2.75, 3.05) is 5.32 Å². The van der Waals surface area contributed by atoms with Crippen LogP contribution in [0.1, 0.15) is 26.3 Å². The standard InChI is InChI=1S/C15H14N2O3/c1-9-7-11(15(19)20)5-6-13(9)17-12-4-2-3-10(8-12)14(16)18/h2-8,17H,1H3,(H2,16,18)(H,19,20). The lowest BCUT2D eigenvalue weighted by Crippen LogP contribution is -2.10. The number of anilines is 2. The van der Waals surface area contributed by atoms with Gasteiger partial charge in [-0.15, -0.1) is 0 Å². The van der Waals surface area contributed by atoms with Gasteiger partial charge in [0.05, 0.1) is 5.56 Å². The average Bonchev–Trinajstić information content (AvgIpc) is 2.41. The first kappa shape index (κ1) is 13.6. The summed E-state index contributed by atoms with van der Waals surface area (Å²) in [7, 11) is 0. The van der Waals surface area contributed by atoms with Gasteiger partial charge in [-0.1, -0.05) is 6.07 Å². The molecule has 2 aromatic rings. The fourth-order valence-electron chi connectivity index (χ4n) is 1.84. The van der Waals surface area contributed by atoms with Crippen molar-refractivity contribution in [1.29, 1.82) is 0 Å². The molecule has 5 nitrogen and oxygen atoms in total. The number of primary amides is 1. The summed E-state index contributed by atoms with van der Waals surface area (Å²) in [5.41, 5.74) is 8.16. The zero-order valence-corrected chi connectivity index (χ0v) is 10.9. The second-order valence-corrected chi connectivity index (χ2v) is 4.40. The van der Waals surface area contributed by atoms with E-state index in [0.29, 0.717) is 11.3 Å². The van der Waals surface area contributed by atoms with E-state index in [4.69, 9.17) is 10.8 Å². The Kier molecular flexibility index (Phi) is 3.70. The number of carboxylic acids is 1. The minimum atomic E-state index is -0.963. The molecule has 0 aliphatic heterocycles. The molecule has 102 valence electrons. The quantitative estimate of drug-likeness (QED) is 0.796. The van der Waals surface area contributed by atoms with Crippen molar-refractivity contribution in [2.24, 2.45) is 5.73 Å². The fraction of sp³-hybridized carbons (Fsp3) is 0.0667. The highest BCUT2D eigenvalue weighted by Gasteiger charge is 2.07. The predicted molar refractivity (Wildman–Crippen MR) is 76.4 cm³/mol. The molecule has 2 rings (SSSR count). The third kappa shape index (κ3) is 2.95. The minimum absolute atomic E-state index is 0.235. The first-order valence-electron chi connectivity index (χ1n) is 5.98. The van der Waals surface area contributed by atoms with Crippen LogP contribution in [0, 0.1) is 6.92 Å². The molecule has 0 aliphatic carbocycles. The molecular weight excluding hydrogens is 256 g/mol. The maximum Gasteiger partial charge on any atom is 0.335 e. The van der Waals surface area contributed by atoms with Crippen LogP contribution in [0.4, 0.5) is 11.4 Å². The van der Waals surface area contributed by atoms with E-state index in [1.807, 2.05) is 6.92 Å². The van der Waals surface area contributed by atoms with Gasteiger partial charge >= 0.3 is 5.97 Å². The third-order valence-corrected chi connectivity index (χ3v) is 2.90. The largest absolute Gasteiger partial charge is 0.478 e. The van der Waals surface area contributed by atoms with Crippen molar-refractivity contribution in [3.05, 3.63) is 59.2 Å². The van der Waals surface area contributed by atoms with Gasteiger partial charge in [-0.3, -0.25) is 4.79 Å². The number of rotatable bonds is 4. The average molecular weight is 270 g/mol. The maximum atomic E-state index is 11.1. The summed E-state index contributed by atoms with van der Waals surface area (Å²) in [5.74, 6) is -1.46. The van der Waals surface area contributed by atoms with Crippen molar-refractivity contribution in [3.63, 3.8) is 0 Å². The Morgan fingerprint density at radius 2 is 1.85 bits per heavy atom. The van der Waals surface area contributed by atoms with E-state index in [2.05, 4.69) is 5.32 Å². The highest BCUT2D eigenvalue weighted by molar-refractivity contribution is 5.94. The van der Waals surface area contributed by atoms with Crippen LogP contribution in [0.25, 0.3) is 0 Å². The van der Waals surface area contributed by atoms with E-state index in [1.165, 1.54) is 6.07 Å². The molecule has 0 radical (unpaired) electrons. The van der Waals surface area contributed by atoms with E-state index in [1.54, 1.807) is 36.4 Å². The van der Waals surface area contributed by atoms with Crippen LogP contribution < -0.4 is 11.1 Å². The second kappa shape index (κ2) is 5.44. The molecule has 0 saturated carbocycles. The zero-order valence-electron chi connectivity index (χ0n) is 10.9. The summed E-state index contributed by atoms with van der Waals surface area (Å²) >= 11 is 0. The number of amides is 1. The van der Waals surface area contributed by atoms with Gasteiger partial charge in [0, 0.05) is 16.9 Å². The minimum Gasteiger partial charge on any atom is -0.478 e. The number of aromatic carboxylic acids is 1. The van der Waals surface area contributed by atoms with Crippen LogP contribution >= 0.6 is 0 Å². The van der Waals surface area contributed by atoms with Crippen LogP contribution in [-0.4, -0.2) is 17.0 Å². The number of carbonyl (C=O) groups excluding carboxylic acids is 1. The summed E-state index contributed by atoms with van der Waals surface area (Å²) in [5, 5.41) is 12.0. The molecule has 2 aromatic carbocycles. The summed E-state index contributed by atoms with van der Waals surface area (Å²) in [4.78, 5) is 22.0. The first-order valence-corrected chi connectivity index (χ1v) is 5.98. The monoisotopic (exact) mass is 270 g/mol. The van der Waals surface area contributed by atoms with Crippen molar-refractivity contribution < 1.29 is 14.7 Å². The topological polar surface area (TPSA) is 92.4 Å². The molecule has 0 fully saturated rings. The molecule has 0 unspecified atom stereocenters. The highest BCUT2D eigenvalue weighted by atomic mass is 16.4. The lowest BCUT2D eigenvalue weighted by molar-refractivity contribution is 0.0696. The summed E-state index contributed by atoms with van der Waals surface area (Å²) in [6, 6.07) is 11.6. The number of hydrogen-bond acceptors (Lipinski definition) is 3. The lowest BCUT2D eigenvalue weighted by atomic mass is 10.1. The molecule has 20 heavy (non-hydrogen) atoms. The van der Waals surface area contributed by atoms with Crippen molar-refractivity contribution >= 4 is 23.3 Å². The van der Waals surface area contributed by atoms with E-state index in [9.17, 15) is 9.59 Å². The molecule has 4 N–H and O–H groups in total. The molecule has 0 spiro atoms. The smallest absolute Gasteiger partial charge is 0.335 e. The fourth-order valence-corrected chi connectivity index (χ4v) is 1.84. The van der Waals surface area contributed by atoms with Crippen LogP contribution in [0.2, 0.25) is 0 Å². The number of nitrogens with one attached hydrogen (secondary N) is 1. The molecule has 0 aliphatic rings. The molecule has 0 aromatic heterocycles. The Balaban J connectivity index is 2.28. The molecule has 0 saturated heterocycles. The number of nitrogens with two attached hydrogens (primary N) is 1. The van der Waals surface area contributed by atoms with Crippen LogP contribution in [0.3, 0.4) is 0 Å². The summed E-state index contributed by atoms with van der Waals surface area (Å²) in [6.45, 7) is 1.81. The van der Waals surface area contributed by atoms with E-state index < -0.39 is 11.9 Å². The Morgan fingerprint density at radius 3 is 2.45 bits per heavy atom. The van der Waals surface area contributed by atoms with Gasteiger partial charge in [0.2, 0.25) is 5.91 Å². The number of carboxylic acid groups (broad SMARTS) is 1. The van der Waals surface area contributed by atoms with Gasteiger partial charge < -0.3 is 16.2 Å². The SMILES string of the molecule is Cc1cc(C(=O)O)ccc1Nc1cccc(C(N)=O)c1. The van der Waals surface area contributed by atoms with Crippen molar-refractivity contribution in [1.82, 2.24) is 0 Å². The van der Waals surface area contributed by atoms with Crippen LogP contribution in [0.5, 0.6) is 0 Å². The normalized spacial score (nSPS) is 10.1. The van der Waals surface area contributed by atoms with Crippen molar-refractivity contribution in [2.45, 2.75) is 6.92 Å². The predicted octanol–water partition coefficient (Wildman–Crippen LogP) is 2.54. The first-order chi connectivity index (χ1) is 9.47. The Labute approximate surface area is 116 Å². The Morgan fingerprint density at radius 1 is 1.10 bits per heavy atom. The molecule has 5 heteroatoms. The van der Waals surface area contributed by atoms with Gasteiger partial charge in [-0.25, -0.2) is 4.79 Å². The third-order valence-electron chi connectivity index (χ3n) is 2.90. The van der Waals surface area contributed by atoms with E-state index >= 15 is 0 Å². The van der Waals surface area contributed by atoms with Crippen LogP contribution in [-0.2, 0) is 0 Å². The zero-order chi connectivity index (χ0) is 14.7. The second-order valence-electron chi connectivity index (χ2n) is 4.40. The molecule has 0 heterocycles. The molecule has 0 atom stereocenters. The Bertz CT molecular complexity index is 681. The number of carbonyl (C=O) groups is 2. The van der Waals surface area contributed by atoms with Gasteiger partial charge in [0.15, 0.2) is 0 Å². The Hall–Kier alpha value is -2.82. The number of hydrogen-bond donors (Lipinski definition) is 3. The lowest BCUT2D eigenvalue weighted by Gasteiger charge is -2.11. The number of benzene rings is 2. The molecular formula is C15H14N2O3. The van der Waals surface area contributed by atoms with Gasteiger partial charge in [0.1, 0.15) is 0 Å². The summed E-state index contributed by atoms with van der Waals surface area (Å²) in [6.07, 6.45) is 0. The summed E-state index contributed by atoms with van der Waals surface area (Å²) < 4.78 is 0. The maximum absolute atomic E-state index is 11.1. The number of aryl methyl sites for hydroxylation is 1. The van der Waals surface area contributed by atoms with E-state index in [0.717, 1.165) is 11.3 Å². The van der Waals surface area contributed by atoms with Crippen molar-refractivity contribution in [3.8, 4) is 0 Å². The molecule has 0 bridgehead atoms. The van der Waals surface area contributed by atoms with Gasteiger partial charge in [-0.05, 0) is 48.9 Å². The highest BCUT2D eigenvalue weighted by Crippen LogP contribution is 2.22. The van der Waals surface area contributed by atoms with Gasteiger partial charge in [0.25, 0.3) is 0 Å². The van der Waals surface area contributed by atoms with E-state index in [-0.39, 0.29) is 5.56 Å². The van der Waals surface area contributed by atoms with Gasteiger partial charge in [-0.2, -0.15) is 0 Å².